The van der Waals surface area contributed by atoms with E-state index in [-0.39, 0.29) is 6.42 Å². The molecule has 1 rings (SSSR count). The first kappa shape index (κ1) is 15.8. The number of hydrogen-bond acceptors (Lipinski definition) is 4. The van der Waals surface area contributed by atoms with Crippen molar-refractivity contribution in [1.82, 2.24) is 0 Å². The van der Waals surface area contributed by atoms with Gasteiger partial charge in [-0.05, 0) is 30.9 Å². The van der Waals surface area contributed by atoms with Gasteiger partial charge in [0.15, 0.2) is 0 Å². The van der Waals surface area contributed by atoms with Gasteiger partial charge in [0.25, 0.3) is 0 Å². The molecule has 5 heteroatoms. The molecule has 108 valence electrons. The van der Waals surface area contributed by atoms with Gasteiger partial charge in [-0.1, -0.05) is 6.92 Å². The summed E-state index contributed by atoms with van der Waals surface area (Å²) >= 11 is 0. The molecule has 0 bridgehead atoms. The molecule has 1 unspecified atom stereocenters. The van der Waals surface area contributed by atoms with E-state index in [1.165, 1.54) is 0 Å². The van der Waals surface area contributed by atoms with Crippen molar-refractivity contribution in [1.29, 1.82) is 5.26 Å². The monoisotopic (exact) mass is 276 g/mol. The Bertz CT molecular complexity index is 494. The molecule has 0 saturated carbocycles. The SMILES string of the molecule is COc1ccc(C#N)c(NCCC(C)CCC(=O)O)c1. The lowest BCUT2D eigenvalue weighted by Gasteiger charge is -2.13. The third-order valence-corrected chi connectivity index (χ3v) is 3.15. The maximum atomic E-state index is 10.5. The summed E-state index contributed by atoms with van der Waals surface area (Å²) in [5, 5.41) is 20.9. The van der Waals surface area contributed by atoms with E-state index in [4.69, 9.17) is 15.1 Å². The third kappa shape index (κ3) is 5.19. The lowest BCUT2D eigenvalue weighted by molar-refractivity contribution is -0.137. The van der Waals surface area contributed by atoms with Crippen LogP contribution in [0.3, 0.4) is 0 Å². The van der Waals surface area contributed by atoms with E-state index < -0.39 is 5.97 Å². The molecule has 1 atom stereocenters. The van der Waals surface area contributed by atoms with Crippen LogP contribution in [0.1, 0.15) is 31.7 Å². The van der Waals surface area contributed by atoms with Crippen LogP contribution in [0.2, 0.25) is 0 Å². The average Bonchev–Trinajstić information content (AvgIpc) is 2.45. The van der Waals surface area contributed by atoms with E-state index in [1.54, 1.807) is 25.3 Å². The molecule has 0 aliphatic rings. The molecule has 2 N–H and O–H groups in total. The van der Waals surface area contributed by atoms with Crippen LogP contribution < -0.4 is 10.1 Å². The van der Waals surface area contributed by atoms with Crippen molar-refractivity contribution in [2.75, 3.05) is 19.0 Å². The number of nitrogens with one attached hydrogen (secondary N) is 1. The Kier molecular flexibility index (Phi) is 6.38. The van der Waals surface area contributed by atoms with Gasteiger partial charge in [0.1, 0.15) is 11.8 Å². The van der Waals surface area contributed by atoms with E-state index in [0.29, 0.717) is 30.2 Å². The number of ether oxygens (including phenoxy) is 1. The van der Waals surface area contributed by atoms with Crippen molar-refractivity contribution in [3.8, 4) is 11.8 Å². The van der Waals surface area contributed by atoms with Crippen LogP contribution in [0.4, 0.5) is 5.69 Å². The number of carboxylic acids is 1. The minimum absolute atomic E-state index is 0.198. The predicted molar refractivity (Wildman–Crippen MR) is 76.8 cm³/mol. The summed E-state index contributed by atoms with van der Waals surface area (Å²) in [5.41, 5.74) is 1.32. The fourth-order valence-electron chi connectivity index (χ4n) is 1.86. The number of hydrogen-bond donors (Lipinski definition) is 2. The van der Waals surface area contributed by atoms with E-state index in [1.807, 2.05) is 6.92 Å². The van der Waals surface area contributed by atoms with E-state index >= 15 is 0 Å². The molecule has 1 aromatic rings. The zero-order chi connectivity index (χ0) is 15.0. The van der Waals surface area contributed by atoms with Crippen LogP contribution >= 0.6 is 0 Å². The summed E-state index contributed by atoms with van der Waals surface area (Å²) in [7, 11) is 1.58. The van der Waals surface area contributed by atoms with Gasteiger partial charge >= 0.3 is 5.97 Å². The second-order valence-corrected chi connectivity index (χ2v) is 4.78. The van der Waals surface area contributed by atoms with Crippen molar-refractivity contribution in [2.45, 2.75) is 26.2 Å². The van der Waals surface area contributed by atoms with Gasteiger partial charge in [0.05, 0.1) is 18.4 Å². The Hall–Kier alpha value is -2.22. The van der Waals surface area contributed by atoms with Crippen molar-refractivity contribution in [3.63, 3.8) is 0 Å². The molecule has 0 heterocycles. The maximum Gasteiger partial charge on any atom is 0.303 e. The number of nitrogens with zero attached hydrogens (tertiary/aromatic N) is 1. The van der Waals surface area contributed by atoms with Gasteiger partial charge in [-0.15, -0.1) is 0 Å². The van der Waals surface area contributed by atoms with Crippen LogP contribution in [0.5, 0.6) is 5.75 Å². The Labute approximate surface area is 119 Å². The molecule has 0 radical (unpaired) electrons. The molecule has 5 nitrogen and oxygen atoms in total. The largest absolute Gasteiger partial charge is 0.497 e. The minimum Gasteiger partial charge on any atom is -0.497 e. The Morgan fingerprint density at radius 3 is 2.85 bits per heavy atom. The molecule has 0 fully saturated rings. The van der Waals surface area contributed by atoms with E-state index in [9.17, 15) is 4.79 Å². The van der Waals surface area contributed by atoms with Gasteiger partial charge in [0.2, 0.25) is 0 Å². The van der Waals surface area contributed by atoms with E-state index in [0.717, 1.165) is 12.1 Å². The fraction of sp³-hybridized carbons (Fsp3) is 0.467. The van der Waals surface area contributed by atoms with Gasteiger partial charge in [-0.2, -0.15) is 5.26 Å². The first-order valence-corrected chi connectivity index (χ1v) is 6.60. The summed E-state index contributed by atoms with van der Waals surface area (Å²) in [6.07, 6.45) is 1.72. The number of carboxylic acid groups (broad SMARTS) is 1. The topological polar surface area (TPSA) is 82.3 Å². The second-order valence-electron chi connectivity index (χ2n) is 4.78. The fourth-order valence-corrected chi connectivity index (χ4v) is 1.86. The first-order valence-electron chi connectivity index (χ1n) is 6.60. The highest BCUT2D eigenvalue weighted by molar-refractivity contribution is 5.66. The highest BCUT2D eigenvalue weighted by Gasteiger charge is 2.07. The van der Waals surface area contributed by atoms with Crippen LogP contribution in [-0.4, -0.2) is 24.7 Å². The van der Waals surface area contributed by atoms with Crippen LogP contribution in [0.25, 0.3) is 0 Å². The number of carbonyl (C=O) groups is 1. The highest BCUT2D eigenvalue weighted by atomic mass is 16.5. The lowest BCUT2D eigenvalue weighted by Crippen LogP contribution is -2.09. The molecule has 20 heavy (non-hydrogen) atoms. The molecule has 0 aromatic heterocycles. The zero-order valence-corrected chi connectivity index (χ0v) is 11.8. The second kappa shape index (κ2) is 8.05. The smallest absolute Gasteiger partial charge is 0.303 e. The summed E-state index contributed by atoms with van der Waals surface area (Å²) in [5.74, 6) is 0.268. The number of nitriles is 1. The zero-order valence-electron chi connectivity index (χ0n) is 11.8. The number of aliphatic carboxylic acids is 1. The summed E-state index contributed by atoms with van der Waals surface area (Å²) in [6, 6.07) is 7.39. The van der Waals surface area contributed by atoms with Crippen LogP contribution in [-0.2, 0) is 4.79 Å². The molecule has 0 spiro atoms. The Balaban J connectivity index is 2.49. The van der Waals surface area contributed by atoms with Gasteiger partial charge in [0, 0.05) is 19.0 Å². The number of benzene rings is 1. The molecular formula is C15H20N2O3. The Morgan fingerprint density at radius 1 is 1.50 bits per heavy atom. The summed E-state index contributed by atoms with van der Waals surface area (Å²) < 4.78 is 5.13. The summed E-state index contributed by atoms with van der Waals surface area (Å²) in [4.78, 5) is 10.5. The lowest BCUT2D eigenvalue weighted by atomic mass is 10.0. The van der Waals surface area contributed by atoms with Crippen LogP contribution in [0.15, 0.2) is 18.2 Å². The normalized spacial score (nSPS) is 11.4. The maximum absolute atomic E-state index is 10.5. The molecule has 0 aliphatic carbocycles. The highest BCUT2D eigenvalue weighted by Crippen LogP contribution is 2.22. The van der Waals surface area contributed by atoms with Crippen molar-refractivity contribution in [3.05, 3.63) is 23.8 Å². The van der Waals surface area contributed by atoms with Gasteiger partial charge in [-0.3, -0.25) is 4.79 Å². The van der Waals surface area contributed by atoms with Crippen molar-refractivity contribution in [2.24, 2.45) is 5.92 Å². The van der Waals surface area contributed by atoms with Crippen molar-refractivity contribution < 1.29 is 14.6 Å². The minimum atomic E-state index is -0.760. The number of methoxy groups -OCH3 is 1. The molecule has 1 aromatic carbocycles. The molecule has 0 amide bonds. The number of rotatable bonds is 8. The summed E-state index contributed by atoms with van der Waals surface area (Å²) in [6.45, 7) is 2.73. The Morgan fingerprint density at radius 2 is 2.25 bits per heavy atom. The molecular weight excluding hydrogens is 256 g/mol. The molecule has 0 saturated heterocycles. The molecule has 0 aliphatic heterocycles. The van der Waals surface area contributed by atoms with Gasteiger partial charge < -0.3 is 15.2 Å². The van der Waals surface area contributed by atoms with Crippen molar-refractivity contribution >= 4 is 11.7 Å². The third-order valence-electron chi connectivity index (χ3n) is 3.15. The first-order chi connectivity index (χ1) is 9.56. The standard InChI is InChI=1S/C15H20N2O3/c1-11(3-6-15(18)19)7-8-17-14-9-13(20-2)5-4-12(14)10-16/h4-5,9,11,17H,3,6-8H2,1-2H3,(H,18,19). The van der Waals surface area contributed by atoms with E-state index in [2.05, 4.69) is 11.4 Å². The number of anilines is 1. The van der Waals surface area contributed by atoms with Gasteiger partial charge in [-0.25, -0.2) is 0 Å². The predicted octanol–water partition coefficient (Wildman–Crippen LogP) is 2.87. The quantitative estimate of drug-likeness (QED) is 0.763. The average molecular weight is 276 g/mol. The van der Waals surface area contributed by atoms with Crippen LogP contribution in [0, 0.1) is 17.2 Å².